The van der Waals surface area contributed by atoms with Crippen LogP contribution in [0.2, 0.25) is 0 Å². The second-order valence-electron chi connectivity index (χ2n) is 6.31. The summed E-state index contributed by atoms with van der Waals surface area (Å²) in [5.41, 5.74) is 9.04. The lowest BCUT2D eigenvalue weighted by molar-refractivity contribution is 0.323. The average Bonchev–Trinajstić information content (AvgIpc) is 3.09. The first-order valence-corrected chi connectivity index (χ1v) is 8.60. The van der Waals surface area contributed by atoms with Crippen LogP contribution in [0.3, 0.4) is 0 Å². The molecule has 2 aromatic carbocycles. The minimum Gasteiger partial charge on any atom is -0.493 e. The number of nitrogens with zero attached hydrogens (tertiary/aromatic N) is 1. The summed E-state index contributed by atoms with van der Waals surface area (Å²) < 4.78 is 22.2. The Labute approximate surface area is 161 Å². The fraction of sp³-hybridized carbons (Fsp3) is 0.190. The number of aromatic amines is 1. The van der Waals surface area contributed by atoms with Gasteiger partial charge in [0.1, 0.15) is 17.4 Å². The number of hydrogen-bond donors (Lipinski definition) is 2. The van der Waals surface area contributed by atoms with Gasteiger partial charge in [-0.15, -0.1) is 0 Å². The molecule has 0 aliphatic carbocycles. The van der Waals surface area contributed by atoms with Crippen molar-refractivity contribution >= 4 is 10.9 Å². The van der Waals surface area contributed by atoms with Crippen LogP contribution in [-0.4, -0.2) is 26.3 Å². The number of methoxy groups -OCH3 is 3. The molecule has 7 heteroatoms. The van der Waals surface area contributed by atoms with Crippen LogP contribution in [0, 0.1) is 11.3 Å². The second-order valence-corrected chi connectivity index (χ2v) is 6.31. The van der Waals surface area contributed by atoms with E-state index < -0.39 is 5.92 Å². The zero-order valence-corrected chi connectivity index (χ0v) is 15.7. The Balaban J connectivity index is 2.04. The van der Waals surface area contributed by atoms with Crippen molar-refractivity contribution in [3.63, 3.8) is 0 Å². The summed E-state index contributed by atoms with van der Waals surface area (Å²) in [7, 11) is 4.65. The highest BCUT2D eigenvalue weighted by molar-refractivity contribution is 5.91. The smallest absolute Gasteiger partial charge is 0.205 e. The highest BCUT2D eigenvalue weighted by atomic mass is 16.5. The number of aromatic nitrogens is 1. The van der Waals surface area contributed by atoms with Crippen molar-refractivity contribution in [1.82, 2.24) is 4.98 Å². The van der Waals surface area contributed by atoms with Crippen molar-refractivity contribution in [2.24, 2.45) is 5.73 Å². The van der Waals surface area contributed by atoms with Gasteiger partial charge in [0.2, 0.25) is 11.6 Å². The van der Waals surface area contributed by atoms with Gasteiger partial charge in [-0.3, -0.25) is 0 Å². The quantitative estimate of drug-likeness (QED) is 0.722. The lowest BCUT2D eigenvalue weighted by Gasteiger charge is -2.19. The molecule has 2 heterocycles. The fourth-order valence-corrected chi connectivity index (χ4v) is 3.69. The standard InChI is InChI=1S/C21H19N3O4/c1-25-16-7-11(8-17(26-2)20(16)27-3)18-12(9-22)21(23)28-15-6-4-5-14-19(15)13(18)10-24-14/h4-8,10,18,24H,23H2,1-3H3. The van der Waals surface area contributed by atoms with Crippen molar-refractivity contribution in [3.05, 3.63) is 59.1 Å². The molecule has 7 nitrogen and oxygen atoms in total. The Morgan fingerprint density at radius 2 is 1.82 bits per heavy atom. The van der Waals surface area contributed by atoms with E-state index in [9.17, 15) is 5.26 Å². The van der Waals surface area contributed by atoms with E-state index in [0.717, 1.165) is 22.0 Å². The third-order valence-corrected chi connectivity index (χ3v) is 4.92. The topological polar surface area (TPSA) is 103 Å². The number of rotatable bonds is 4. The van der Waals surface area contributed by atoms with E-state index >= 15 is 0 Å². The van der Waals surface area contributed by atoms with E-state index in [4.69, 9.17) is 24.7 Å². The first-order valence-electron chi connectivity index (χ1n) is 8.60. The van der Waals surface area contributed by atoms with E-state index in [1.54, 1.807) is 21.3 Å². The number of nitrogens with two attached hydrogens (primary N) is 1. The summed E-state index contributed by atoms with van der Waals surface area (Å²) in [6.45, 7) is 0. The fourth-order valence-electron chi connectivity index (χ4n) is 3.69. The predicted molar refractivity (Wildman–Crippen MR) is 104 cm³/mol. The first kappa shape index (κ1) is 17.6. The number of ether oxygens (including phenoxy) is 4. The van der Waals surface area contributed by atoms with Crippen LogP contribution in [0.5, 0.6) is 23.0 Å². The van der Waals surface area contributed by atoms with Crippen LogP contribution >= 0.6 is 0 Å². The van der Waals surface area contributed by atoms with E-state index in [0.29, 0.717) is 28.6 Å². The van der Waals surface area contributed by atoms with Crippen molar-refractivity contribution in [1.29, 1.82) is 5.26 Å². The van der Waals surface area contributed by atoms with Gasteiger partial charge in [-0.2, -0.15) is 5.26 Å². The Hall–Kier alpha value is -3.79. The third-order valence-electron chi connectivity index (χ3n) is 4.92. The molecule has 28 heavy (non-hydrogen) atoms. The van der Waals surface area contributed by atoms with Crippen LogP contribution in [0.1, 0.15) is 17.0 Å². The van der Waals surface area contributed by atoms with Gasteiger partial charge in [0.05, 0.1) is 27.2 Å². The molecule has 0 radical (unpaired) electrons. The number of benzene rings is 2. The van der Waals surface area contributed by atoms with E-state index in [1.807, 2.05) is 36.5 Å². The van der Waals surface area contributed by atoms with Crippen LogP contribution < -0.4 is 24.7 Å². The molecule has 0 fully saturated rings. The van der Waals surface area contributed by atoms with Gasteiger partial charge >= 0.3 is 0 Å². The maximum Gasteiger partial charge on any atom is 0.205 e. The Morgan fingerprint density at radius 1 is 1.11 bits per heavy atom. The van der Waals surface area contributed by atoms with Gasteiger partial charge in [-0.1, -0.05) is 6.07 Å². The summed E-state index contributed by atoms with van der Waals surface area (Å²) in [5.74, 6) is 1.69. The Morgan fingerprint density at radius 3 is 2.43 bits per heavy atom. The molecule has 0 saturated carbocycles. The average molecular weight is 377 g/mol. The van der Waals surface area contributed by atoms with Crippen molar-refractivity contribution in [2.45, 2.75) is 5.92 Å². The summed E-state index contributed by atoms with van der Waals surface area (Å²) in [4.78, 5) is 3.25. The van der Waals surface area contributed by atoms with Crippen LogP contribution in [0.4, 0.5) is 0 Å². The molecule has 0 amide bonds. The molecule has 3 N–H and O–H groups in total. The maximum absolute atomic E-state index is 9.88. The highest BCUT2D eigenvalue weighted by Crippen LogP contribution is 2.47. The lowest BCUT2D eigenvalue weighted by Crippen LogP contribution is -2.13. The molecular weight excluding hydrogens is 358 g/mol. The molecule has 3 aromatic rings. The molecule has 1 unspecified atom stereocenters. The molecule has 0 saturated heterocycles. The molecule has 4 rings (SSSR count). The normalized spacial score (nSPS) is 15.6. The zero-order valence-electron chi connectivity index (χ0n) is 15.7. The molecule has 142 valence electrons. The molecule has 0 spiro atoms. The van der Waals surface area contributed by atoms with Gasteiger partial charge in [0.15, 0.2) is 11.5 Å². The SMILES string of the molecule is COc1cc(C2C(C#N)=C(N)Oc3cccc4[nH]cc2c34)cc(OC)c1OC. The zero-order chi connectivity index (χ0) is 19.8. The number of H-pyrrole nitrogens is 1. The maximum atomic E-state index is 9.88. The first-order chi connectivity index (χ1) is 13.6. The van der Waals surface area contributed by atoms with Gasteiger partial charge < -0.3 is 29.7 Å². The van der Waals surface area contributed by atoms with E-state index in [-0.39, 0.29) is 5.88 Å². The summed E-state index contributed by atoms with van der Waals surface area (Å²) in [6, 6.07) is 11.5. The number of nitriles is 1. The minimum atomic E-state index is -0.462. The molecule has 1 aromatic heterocycles. The predicted octanol–water partition coefficient (Wildman–Crippen LogP) is 3.41. The number of allylic oxidation sites excluding steroid dienone is 1. The molecular formula is C21H19N3O4. The monoisotopic (exact) mass is 377 g/mol. The summed E-state index contributed by atoms with van der Waals surface area (Å²) in [6.07, 6.45) is 1.88. The lowest BCUT2D eigenvalue weighted by atomic mass is 9.85. The third kappa shape index (κ3) is 2.50. The van der Waals surface area contributed by atoms with Crippen molar-refractivity contribution < 1.29 is 18.9 Å². The van der Waals surface area contributed by atoms with Crippen LogP contribution in [-0.2, 0) is 0 Å². The summed E-state index contributed by atoms with van der Waals surface area (Å²) in [5, 5.41) is 10.8. The highest BCUT2D eigenvalue weighted by Gasteiger charge is 2.31. The summed E-state index contributed by atoms with van der Waals surface area (Å²) >= 11 is 0. The Bertz CT molecular complexity index is 1120. The van der Waals surface area contributed by atoms with E-state index in [1.165, 1.54) is 0 Å². The number of hydrogen-bond acceptors (Lipinski definition) is 6. The molecule has 0 bridgehead atoms. The number of nitrogens with one attached hydrogen (secondary N) is 1. The van der Waals surface area contributed by atoms with E-state index in [2.05, 4.69) is 11.1 Å². The minimum absolute atomic E-state index is 0.0740. The van der Waals surface area contributed by atoms with Crippen LogP contribution in [0.15, 0.2) is 48.0 Å². The Kier molecular flexibility index (Phi) is 4.24. The van der Waals surface area contributed by atoms with Crippen molar-refractivity contribution in [2.75, 3.05) is 21.3 Å². The van der Waals surface area contributed by atoms with Gasteiger partial charge in [-0.25, -0.2) is 0 Å². The van der Waals surface area contributed by atoms with Gasteiger partial charge in [0, 0.05) is 17.1 Å². The van der Waals surface area contributed by atoms with Gasteiger partial charge in [-0.05, 0) is 35.4 Å². The van der Waals surface area contributed by atoms with Crippen LogP contribution in [0.25, 0.3) is 10.9 Å². The second kappa shape index (κ2) is 6.74. The largest absolute Gasteiger partial charge is 0.493 e. The molecule has 1 atom stereocenters. The van der Waals surface area contributed by atoms with Crippen molar-refractivity contribution in [3.8, 4) is 29.1 Å². The molecule has 1 aliphatic rings. The molecule has 1 aliphatic heterocycles. The van der Waals surface area contributed by atoms with Gasteiger partial charge in [0.25, 0.3) is 0 Å².